The number of carbonyl (C=O) groups excluding carboxylic acids is 1. The fraction of sp³-hybridized carbons (Fsp3) is 0.500. The van der Waals surface area contributed by atoms with E-state index in [1.807, 2.05) is 18.2 Å². The number of hydrogen-bond acceptors (Lipinski definition) is 3. The lowest BCUT2D eigenvalue weighted by Gasteiger charge is -2.15. The lowest BCUT2D eigenvalue weighted by Crippen LogP contribution is -2.21. The summed E-state index contributed by atoms with van der Waals surface area (Å²) in [5, 5.41) is 0. The van der Waals surface area contributed by atoms with Gasteiger partial charge in [-0.05, 0) is 24.8 Å². The van der Waals surface area contributed by atoms with E-state index >= 15 is 0 Å². The summed E-state index contributed by atoms with van der Waals surface area (Å²) < 4.78 is 10.6. The molecule has 1 heterocycles. The Morgan fingerprint density at radius 3 is 2.53 bits per heavy atom. The second kappa shape index (κ2) is 4.88. The highest BCUT2D eigenvalue weighted by atomic mass is 16.8. The van der Waals surface area contributed by atoms with Crippen LogP contribution in [0.4, 0.5) is 0 Å². The number of carbonyl (C=O) groups is 1. The Kier molecular flexibility index (Phi) is 3.48. The number of cyclic esters (lactones) is 1. The van der Waals surface area contributed by atoms with Crippen molar-refractivity contribution in [1.82, 2.24) is 0 Å². The third kappa shape index (κ3) is 3.30. The van der Waals surface area contributed by atoms with E-state index < -0.39 is 11.9 Å². The summed E-state index contributed by atoms with van der Waals surface area (Å²) >= 11 is 0. The van der Waals surface area contributed by atoms with Crippen LogP contribution in [0.5, 0.6) is 0 Å². The molecular formula is C14H18O3. The van der Waals surface area contributed by atoms with E-state index in [-0.39, 0.29) is 5.97 Å². The average Bonchev–Trinajstić information content (AvgIpc) is 2.53. The average molecular weight is 234 g/mol. The molecule has 3 heteroatoms. The van der Waals surface area contributed by atoms with Gasteiger partial charge < -0.3 is 9.47 Å². The molecule has 3 nitrogen and oxygen atoms in total. The molecule has 0 spiro atoms. The normalized spacial score (nSPS) is 22.5. The zero-order valence-electron chi connectivity index (χ0n) is 10.3. The number of aryl methyl sites for hydroxylation is 1. The van der Waals surface area contributed by atoms with Gasteiger partial charge in [-0.3, -0.25) is 0 Å². The van der Waals surface area contributed by atoms with Crippen LogP contribution in [0.15, 0.2) is 30.3 Å². The molecule has 1 aromatic carbocycles. The second-order valence-corrected chi connectivity index (χ2v) is 4.81. The third-order valence-electron chi connectivity index (χ3n) is 2.81. The maximum absolute atomic E-state index is 11.5. The van der Waals surface area contributed by atoms with Gasteiger partial charge in [0.15, 0.2) is 6.10 Å². The van der Waals surface area contributed by atoms with Crippen LogP contribution >= 0.6 is 0 Å². The van der Waals surface area contributed by atoms with Crippen molar-refractivity contribution in [2.45, 2.75) is 45.0 Å². The monoisotopic (exact) mass is 234 g/mol. The van der Waals surface area contributed by atoms with Crippen molar-refractivity contribution < 1.29 is 14.3 Å². The lowest BCUT2D eigenvalue weighted by atomic mass is 10.1. The Balaban J connectivity index is 1.78. The molecule has 1 unspecified atom stereocenters. The molecule has 0 N–H and O–H groups in total. The molecule has 0 aliphatic carbocycles. The van der Waals surface area contributed by atoms with Gasteiger partial charge in [-0.1, -0.05) is 30.3 Å². The first-order valence-corrected chi connectivity index (χ1v) is 6.01. The van der Waals surface area contributed by atoms with Crippen LogP contribution in [0.1, 0.15) is 32.3 Å². The Hall–Kier alpha value is -1.35. The number of hydrogen-bond donors (Lipinski definition) is 0. The van der Waals surface area contributed by atoms with Crippen molar-refractivity contribution in [3.05, 3.63) is 35.9 Å². The van der Waals surface area contributed by atoms with Crippen molar-refractivity contribution in [2.75, 3.05) is 0 Å². The van der Waals surface area contributed by atoms with Crippen LogP contribution in [0, 0.1) is 0 Å². The van der Waals surface area contributed by atoms with E-state index in [0.29, 0.717) is 0 Å². The molecule has 1 saturated heterocycles. The molecule has 92 valence electrons. The van der Waals surface area contributed by atoms with Crippen LogP contribution in [-0.4, -0.2) is 17.9 Å². The number of rotatable bonds is 4. The van der Waals surface area contributed by atoms with Crippen LogP contribution in [0.25, 0.3) is 0 Å². The summed E-state index contributed by atoms with van der Waals surface area (Å²) in [6.07, 6.45) is 2.22. The first-order chi connectivity index (χ1) is 8.07. The fourth-order valence-electron chi connectivity index (χ4n) is 2.04. The molecule has 0 bridgehead atoms. The Labute approximate surface area is 102 Å². The molecule has 2 rings (SSSR count). The minimum Gasteiger partial charge on any atom is -0.432 e. The summed E-state index contributed by atoms with van der Waals surface area (Å²) in [7, 11) is 0. The number of ether oxygens (including phenoxy) is 2. The summed E-state index contributed by atoms with van der Waals surface area (Å²) in [5.74, 6) is -0.989. The standard InChI is InChI=1S/C14H18O3/c1-14(2)16-12(13(15)17-14)10-6-9-11-7-4-3-5-8-11/h3-5,7-8,12H,6,9-10H2,1-2H3. The van der Waals surface area contributed by atoms with Crippen LogP contribution in [-0.2, 0) is 20.7 Å². The molecular weight excluding hydrogens is 216 g/mol. The molecule has 0 saturated carbocycles. The fourth-order valence-corrected chi connectivity index (χ4v) is 2.04. The Morgan fingerprint density at radius 2 is 1.94 bits per heavy atom. The molecule has 0 amide bonds. The van der Waals surface area contributed by atoms with E-state index in [1.54, 1.807) is 13.8 Å². The molecule has 17 heavy (non-hydrogen) atoms. The van der Waals surface area contributed by atoms with Gasteiger partial charge in [0, 0.05) is 13.8 Å². The van der Waals surface area contributed by atoms with Gasteiger partial charge in [-0.2, -0.15) is 0 Å². The van der Waals surface area contributed by atoms with Crippen molar-refractivity contribution >= 4 is 5.97 Å². The largest absolute Gasteiger partial charge is 0.432 e. The lowest BCUT2D eigenvalue weighted by molar-refractivity contribution is -0.160. The van der Waals surface area contributed by atoms with Gasteiger partial charge in [0.2, 0.25) is 5.79 Å². The number of benzene rings is 1. The minimum absolute atomic E-state index is 0.233. The predicted octanol–water partition coefficient (Wildman–Crippen LogP) is 2.69. The predicted molar refractivity (Wildman–Crippen MR) is 64.4 cm³/mol. The molecule has 1 aliphatic rings. The summed E-state index contributed by atoms with van der Waals surface area (Å²) in [6.45, 7) is 3.53. The maximum atomic E-state index is 11.5. The molecule has 1 aromatic rings. The van der Waals surface area contributed by atoms with Crippen molar-refractivity contribution in [2.24, 2.45) is 0 Å². The topological polar surface area (TPSA) is 35.5 Å². The Bertz CT molecular complexity index is 384. The zero-order valence-corrected chi connectivity index (χ0v) is 10.3. The minimum atomic E-state index is -0.755. The molecule has 1 atom stereocenters. The SMILES string of the molecule is CC1(C)OC(=O)C(CCCc2ccccc2)O1. The summed E-state index contributed by atoms with van der Waals surface area (Å²) in [5.41, 5.74) is 1.29. The molecule has 1 fully saturated rings. The molecule has 1 aliphatic heterocycles. The highest BCUT2D eigenvalue weighted by Crippen LogP contribution is 2.26. The van der Waals surface area contributed by atoms with Gasteiger partial charge >= 0.3 is 5.97 Å². The maximum Gasteiger partial charge on any atom is 0.337 e. The van der Waals surface area contributed by atoms with Crippen molar-refractivity contribution in [3.63, 3.8) is 0 Å². The van der Waals surface area contributed by atoms with E-state index in [9.17, 15) is 4.79 Å². The van der Waals surface area contributed by atoms with Gasteiger partial charge in [-0.15, -0.1) is 0 Å². The smallest absolute Gasteiger partial charge is 0.337 e. The molecule has 0 radical (unpaired) electrons. The second-order valence-electron chi connectivity index (χ2n) is 4.81. The van der Waals surface area contributed by atoms with E-state index in [1.165, 1.54) is 5.56 Å². The van der Waals surface area contributed by atoms with Crippen LogP contribution in [0.2, 0.25) is 0 Å². The van der Waals surface area contributed by atoms with Crippen molar-refractivity contribution in [1.29, 1.82) is 0 Å². The van der Waals surface area contributed by atoms with E-state index in [0.717, 1.165) is 19.3 Å². The van der Waals surface area contributed by atoms with Gasteiger partial charge in [0.1, 0.15) is 0 Å². The van der Waals surface area contributed by atoms with E-state index in [4.69, 9.17) is 9.47 Å². The Morgan fingerprint density at radius 1 is 1.24 bits per heavy atom. The van der Waals surface area contributed by atoms with Gasteiger partial charge in [-0.25, -0.2) is 4.79 Å². The highest BCUT2D eigenvalue weighted by molar-refractivity contribution is 5.76. The summed E-state index contributed by atoms with van der Waals surface area (Å²) in [6, 6.07) is 10.2. The van der Waals surface area contributed by atoms with Crippen LogP contribution in [0.3, 0.4) is 0 Å². The van der Waals surface area contributed by atoms with Crippen molar-refractivity contribution in [3.8, 4) is 0 Å². The highest BCUT2D eigenvalue weighted by Gasteiger charge is 2.40. The van der Waals surface area contributed by atoms with Gasteiger partial charge in [0.25, 0.3) is 0 Å². The third-order valence-corrected chi connectivity index (χ3v) is 2.81. The zero-order chi connectivity index (χ0) is 12.3. The van der Waals surface area contributed by atoms with Gasteiger partial charge in [0.05, 0.1) is 0 Å². The first-order valence-electron chi connectivity index (χ1n) is 6.01. The molecule has 0 aromatic heterocycles. The number of esters is 1. The van der Waals surface area contributed by atoms with Crippen LogP contribution < -0.4 is 0 Å². The van der Waals surface area contributed by atoms with E-state index in [2.05, 4.69) is 12.1 Å². The quantitative estimate of drug-likeness (QED) is 0.751. The first kappa shape index (κ1) is 12.1. The summed E-state index contributed by atoms with van der Waals surface area (Å²) in [4.78, 5) is 11.5.